The molecule has 1 aromatic heterocycles. The molecular formula is C27H24N2O3. The van der Waals surface area contributed by atoms with Crippen LogP contribution in [0.3, 0.4) is 0 Å². The van der Waals surface area contributed by atoms with Crippen molar-refractivity contribution in [2.75, 3.05) is 5.73 Å². The van der Waals surface area contributed by atoms with Crippen LogP contribution in [0.5, 0.6) is 5.75 Å². The minimum atomic E-state index is -0.858. The SMILES string of the molecule is Cc1cccc(O[C@@H]2CCc3ccc(-c4cccc5c(N)nccc45)cc32)c1CC(=O)O. The molecule has 0 spiro atoms. The zero-order valence-electron chi connectivity index (χ0n) is 17.8. The number of carbonyl (C=O) groups is 1. The fourth-order valence-electron chi connectivity index (χ4n) is 4.65. The molecule has 32 heavy (non-hydrogen) atoms. The second-order valence-electron chi connectivity index (χ2n) is 8.28. The first-order valence-corrected chi connectivity index (χ1v) is 10.7. The molecule has 0 unspecified atom stereocenters. The molecule has 5 rings (SSSR count). The molecule has 0 saturated carbocycles. The van der Waals surface area contributed by atoms with Gasteiger partial charge in [-0.2, -0.15) is 0 Å². The summed E-state index contributed by atoms with van der Waals surface area (Å²) >= 11 is 0. The average Bonchev–Trinajstić information content (AvgIpc) is 3.18. The van der Waals surface area contributed by atoms with Gasteiger partial charge in [-0.15, -0.1) is 0 Å². The van der Waals surface area contributed by atoms with Crippen LogP contribution in [-0.2, 0) is 17.6 Å². The molecule has 5 nitrogen and oxygen atoms in total. The molecule has 160 valence electrons. The van der Waals surface area contributed by atoms with Gasteiger partial charge in [-0.1, -0.05) is 42.5 Å². The number of nitrogens with two attached hydrogens (primary N) is 1. The third kappa shape index (κ3) is 3.56. The maximum Gasteiger partial charge on any atom is 0.307 e. The minimum absolute atomic E-state index is 0.0485. The summed E-state index contributed by atoms with van der Waals surface area (Å²) in [6, 6.07) is 20.3. The van der Waals surface area contributed by atoms with Crippen LogP contribution >= 0.6 is 0 Å². The van der Waals surface area contributed by atoms with Crippen LogP contribution in [0.15, 0.2) is 66.9 Å². The van der Waals surface area contributed by atoms with Gasteiger partial charge >= 0.3 is 5.97 Å². The number of hydrogen-bond acceptors (Lipinski definition) is 4. The monoisotopic (exact) mass is 424 g/mol. The fraction of sp³-hybridized carbons (Fsp3) is 0.185. The topological polar surface area (TPSA) is 85.4 Å². The van der Waals surface area contributed by atoms with Crippen molar-refractivity contribution in [2.24, 2.45) is 0 Å². The maximum absolute atomic E-state index is 11.4. The summed E-state index contributed by atoms with van der Waals surface area (Å²) in [5, 5.41) is 11.3. The van der Waals surface area contributed by atoms with Crippen molar-refractivity contribution in [3.63, 3.8) is 0 Å². The van der Waals surface area contributed by atoms with Gasteiger partial charge in [0.2, 0.25) is 0 Å². The number of fused-ring (bicyclic) bond motifs is 2. The van der Waals surface area contributed by atoms with E-state index in [2.05, 4.69) is 29.2 Å². The van der Waals surface area contributed by atoms with Crippen molar-refractivity contribution in [3.05, 3.63) is 89.1 Å². The summed E-state index contributed by atoms with van der Waals surface area (Å²) in [5.41, 5.74) is 12.4. The van der Waals surface area contributed by atoms with E-state index in [9.17, 15) is 9.90 Å². The van der Waals surface area contributed by atoms with Gasteiger partial charge in [0.1, 0.15) is 17.7 Å². The zero-order valence-corrected chi connectivity index (χ0v) is 17.8. The van der Waals surface area contributed by atoms with Crippen molar-refractivity contribution in [3.8, 4) is 16.9 Å². The Hall–Kier alpha value is -3.86. The van der Waals surface area contributed by atoms with Gasteiger partial charge in [0.25, 0.3) is 0 Å². The first-order valence-electron chi connectivity index (χ1n) is 10.7. The van der Waals surface area contributed by atoms with Crippen molar-refractivity contribution >= 4 is 22.6 Å². The molecular weight excluding hydrogens is 400 g/mol. The second-order valence-corrected chi connectivity index (χ2v) is 8.28. The number of rotatable bonds is 5. The number of carboxylic acids is 1. The zero-order chi connectivity index (χ0) is 22.2. The third-order valence-corrected chi connectivity index (χ3v) is 6.28. The summed E-state index contributed by atoms with van der Waals surface area (Å²) in [4.78, 5) is 15.6. The first kappa shape index (κ1) is 20.1. The quantitative estimate of drug-likeness (QED) is 0.443. The first-order chi connectivity index (χ1) is 15.5. The Morgan fingerprint density at radius 2 is 1.97 bits per heavy atom. The third-order valence-electron chi connectivity index (χ3n) is 6.28. The number of anilines is 1. The number of pyridine rings is 1. The lowest BCUT2D eigenvalue weighted by Crippen LogP contribution is -2.09. The highest BCUT2D eigenvalue weighted by molar-refractivity contribution is 6.01. The van der Waals surface area contributed by atoms with Crippen LogP contribution in [0.4, 0.5) is 5.82 Å². The molecule has 1 aliphatic rings. The van der Waals surface area contributed by atoms with Crippen LogP contribution in [0, 0.1) is 6.92 Å². The second kappa shape index (κ2) is 8.00. The number of carboxylic acid groups (broad SMARTS) is 1. The van der Waals surface area contributed by atoms with E-state index in [4.69, 9.17) is 10.5 Å². The molecule has 0 fully saturated rings. The Balaban J connectivity index is 1.53. The van der Waals surface area contributed by atoms with E-state index in [0.717, 1.165) is 51.4 Å². The van der Waals surface area contributed by atoms with Crippen molar-refractivity contribution in [1.29, 1.82) is 0 Å². The van der Waals surface area contributed by atoms with E-state index in [1.165, 1.54) is 5.56 Å². The van der Waals surface area contributed by atoms with Crippen LogP contribution in [0.25, 0.3) is 21.9 Å². The van der Waals surface area contributed by atoms with Gasteiger partial charge in [0.15, 0.2) is 0 Å². The van der Waals surface area contributed by atoms with Crippen LogP contribution in [0.2, 0.25) is 0 Å². The number of aliphatic carboxylic acids is 1. The number of ether oxygens (including phenoxy) is 1. The fourth-order valence-corrected chi connectivity index (χ4v) is 4.65. The molecule has 0 saturated heterocycles. The molecule has 1 heterocycles. The summed E-state index contributed by atoms with van der Waals surface area (Å²) in [7, 11) is 0. The number of nitrogen functional groups attached to an aromatic ring is 1. The van der Waals surface area contributed by atoms with E-state index in [1.807, 2.05) is 43.3 Å². The molecule has 3 N–H and O–H groups in total. The molecule has 1 atom stereocenters. The van der Waals surface area contributed by atoms with Crippen LogP contribution in [-0.4, -0.2) is 16.1 Å². The summed E-state index contributed by atoms with van der Waals surface area (Å²) in [5.74, 6) is 0.319. The van der Waals surface area contributed by atoms with Crippen LogP contribution in [0.1, 0.15) is 34.8 Å². The normalized spacial score (nSPS) is 15.0. The van der Waals surface area contributed by atoms with Crippen LogP contribution < -0.4 is 10.5 Å². The summed E-state index contributed by atoms with van der Waals surface area (Å²) < 4.78 is 6.42. The Morgan fingerprint density at radius 1 is 1.12 bits per heavy atom. The number of aromatic nitrogens is 1. The standard InChI is InChI=1S/C27H24N2O3/c1-16-4-2-7-24(22(16)15-26(30)31)32-25-11-10-17-8-9-18(14-23(17)25)19-5-3-6-21-20(19)12-13-29-27(21)28/h2-9,12-14,25H,10-11,15H2,1H3,(H2,28,29)(H,30,31)/t25-/m1/s1. The Morgan fingerprint density at radius 3 is 2.81 bits per heavy atom. The summed E-state index contributed by atoms with van der Waals surface area (Å²) in [6.45, 7) is 1.92. The van der Waals surface area contributed by atoms with Crippen molar-refractivity contribution in [2.45, 2.75) is 32.3 Å². The molecule has 0 radical (unpaired) electrons. The van der Waals surface area contributed by atoms with Crippen molar-refractivity contribution in [1.82, 2.24) is 4.98 Å². The smallest absolute Gasteiger partial charge is 0.307 e. The van der Waals surface area contributed by atoms with Gasteiger partial charge in [0.05, 0.1) is 6.42 Å². The van der Waals surface area contributed by atoms with E-state index in [0.29, 0.717) is 11.6 Å². The number of nitrogens with zero attached hydrogens (tertiary/aromatic N) is 1. The predicted molar refractivity (Wildman–Crippen MR) is 126 cm³/mol. The number of benzene rings is 3. The lowest BCUT2D eigenvalue weighted by molar-refractivity contribution is -0.136. The highest BCUT2D eigenvalue weighted by Crippen LogP contribution is 2.40. The molecule has 0 amide bonds. The lowest BCUT2D eigenvalue weighted by atomic mass is 9.96. The highest BCUT2D eigenvalue weighted by atomic mass is 16.5. The Bertz CT molecular complexity index is 1350. The number of hydrogen-bond donors (Lipinski definition) is 2. The number of aryl methyl sites for hydroxylation is 2. The highest BCUT2D eigenvalue weighted by Gasteiger charge is 2.26. The van der Waals surface area contributed by atoms with E-state index in [1.54, 1.807) is 6.20 Å². The maximum atomic E-state index is 11.4. The molecule has 5 heteroatoms. The van der Waals surface area contributed by atoms with Gasteiger partial charge < -0.3 is 15.6 Å². The Labute approximate surface area is 186 Å². The van der Waals surface area contributed by atoms with Crippen molar-refractivity contribution < 1.29 is 14.6 Å². The van der Waals surface area contributed by atoms with E-state index >= 15 is 0 Å². The van der Waals surface area contributed by atoms with Gasteiger partial charge in [-0.3, -0.25) is 4.79 Å². The Kier molecular flexibility index (Phi) is 5.02. The van der Waals surface area contributed by atoms with E-state index < -0.39 is 5.97 Å². The summed E-state index contributed by atoms with van der Waals surface area (Å²) in [6.07, 6.45) is 3.38. The van der Waals surface area contributed by atoms with Gasteiger partial charge in [0, 0.05) is 17.1 Å². The van der Waals surface area contributed by atoms with E-state index in [-0.39, 0.29) is 12.5 Å². The van der Waals surface area contributed by atoms with Gasteiger partial charge in [-0.05, 0) is 71.2 Å². The molecule has 4 aromatic rings. The lowest BCUT2D eigenvalue weighted by Gasteiger charge is -2.19. The molecule has 1 aliphatic carbocycles. The molecule has 0 bridgehead atoms. The largest absolute Gasteiger partial charge is 0.485 e. The molecule has 3 aromatic carbocycles. The average molecular weight is 425 g/mol. The van der Waals surface area contributed by atoms with Gasteiger partial charge in [-0.25, -0.2) is 4.98 Å². The molecule has 0 aliphatic heterocycles. The predicted octanol–water partition coefficient (Wildman–Crippen LogP) is 5.49. The minimum Gasteiger partial charge on any atom is -0.485 e.